The molecule has 0 spiro atoms. The van der Waals surface area contributed by atoms with Crippen molar-refractivity contribution in [2.24, 2.45) is 0 Å². The first-order valence-electron chi connectivity index (χ1n) is 5.52. The molecule has 0 aliphatic carbocycles. The van der Waals surface area contributed by atoms with Crippen LogP contribution in [-0.4, -0.2) is 18.3 Å². The van der Waals surface area contributed by atoms with E-state index in [-0.39, 0.29) is 18.3 Å². The molecule has 0 amide bonds. The summed E-state index contributed by atoms with van der Waals surface area (Å²) < 4.78 is 11.8. The SMILES string of the molecule is C=C/C(=C\CC)B1OC(C)(C)C(C)(C)O1. The van der Waals surface area contributed by atoms with Crippen molar-refractivity contribution in [3.05, 3.63) is 24.2 Å². The van der Waals surface area contributed by atoms with Crippen molar-refractivity contribution in [3.8, 4) is 0 Å². The summed E-state index contributed by atoms with van der Waals surface area (Å²) in [4.78, 5) is 0. The van der Waals surface area contributed by atoms with Gasteiger partial charge in [-0.3, -0.25) is 0 Å². The van der Waals surface area contributed by atoms with Gasteiger partial charge in [0.1, 0.15) is 0 Å². The standard InChI is InChI=1S/C12H21BO2/c1-7-9-10(8-2)13-14-11(3,4)12(5,6)15-13/h8-9H,2,7H2,1,3-6H3/b10-9+. The van der Waals surface area contributed by atoms with E-state index in [4.69, 9.17) is 9.31 Å². The van der Waals surface area contributed by atoms with Crippen LogP contribution in [0.4, 0.5) is 0 Å². The van der Waals surface area contributed by atoms with Gasteiger partial charge in [0, 0.05) is 0 Å². The van der Waals surface area contributed by atoms with Gasteiger partial charge in [0.15, 0.2) is 0 Å². The van der Waals surface area contributed by atoms with Crippen LogP contribution in [-0.2, 0) is 9.31 Å². The Morgan fingerprint density at radius 1 is 1.20 bits per heavy atom. The molecule has 2 nitrogen and oxygen atoms in total. The van der Waals surface area contributed by atoms with Crippen molar-refractivity contribution in [1.82, 2.24) is 0 Å². The summed E-state index contributed by atoms with van der Waals surface area (Å²) in [6.07, 6.45) is 4.87. The second-order valence-corrected chi connectivity index (χ2v) is 4.90. The van der Waals surface area contributed by atoms with Gasteiger partial charge in [-0.2, -0.15) is 0 Å². The van der Waals surface area contributed by atoms with Crippen molar-refractivity contribution in [2.45, 2.75) is 52.2 Å². The number of rotatable bonds is 3. The fourth-order valence-electron chi connectivity index (χ4n) is 1.49. The fraction of sp³-hybridized carbons (Fsp3) is 0.667. The Morgan fingerprint density at radius 3 is 2.00 bits per heavy atom. The predicted molar refractivity (Wildman–Crippen MR) is 64.7 cm³/mol. The highest BCUT2D eigenvalue weighted by atomic mass is 16.7. The zero-order valence-electron chi connectivity index (χ0n) is 10.5. The largest absolute Gasteiger partial charge is 0.494 e. The zero-order chi connectivity index (χ0) is 11.7. The van der Waals surface area contributed by atoms with Gasteiger partial charge < -0.3 is 9.31 Å². The lowest BCUT2D eigenvalue weighted by Crippen LogP contribution is -2.41. The highest BCUT2D eigenvalue weighted by molar-refractivity contribution is 6.55. The van der Waals surface area contributed by atoms with Crippen LogP contribution in [0.25, 0.3) is 0 Å². The molecule has 0 aromatic heterocycles. The average molecular weight is 208 g/mol. The van der Waals surface area contributed by atoms with Crippen molar-refractivity contribution >= 4 is 7.12 Å². The van der Waals surface area contributed by atoms with Gasteiger partial charge >= 0.3 is 7.12 Å². The Morgan fingerprint density at radius 2 is 1.67 bits per heavy atom. The van der Waals surface area contributed by atoms with E-state index in [0.29, 0.717) is 0 Å². The van der Waals surface area contributed by atoms with Crippen LogP contribution < -0.4 is 0 Å². The highest BCUT2D eigenvalue weighted by Gasteiger charge is 2.51. The Kier molecular flexibility index (Phi) is 3.46. The maximum atomic E-state index is 5.91. The molecule has 0 radical (unpaired) electrons. The number of hydrogen-bond donors (Lipinski definition) is 0. The van der Waals surface area contributed by atoms with Crippen LogP contribution >= 0.6 is 0 Å². The Bertz CT molecular complexity index is 263. The summed E-state index contributed by atoms with van der Waals surface area (Å²) in [5.41, 5.74) is 0.484. The van der Waals surface area contributed by atoms with Gasteiger partial charge in [-0.25, -0.2) is 0 Å². The molecular formula is C12H21BO2. The van der Waals surface area contributed by atoms with Gasteiger partial charge in [-0.05, 0) is 39.6 Å². The molecule has 0 atom stereocenters. The first-order valence-corrected chi connectivity index (χ1v) is 5.52. The first-order chi connectivity index (χ1) is 6.84. The van der Waals surface area contributed by atoms with Crippen LogP contribution in [0, 0.1) is 0 Å². The van der Waals surface area contributed by atoms with Crippen molar-refractivity contribution < 1.29 is 9.31 Å². The van der Waals surface area contributed by atoms with Gasteiger partial charge in [0.25, 0.3) is 0 Å². The summed E-state index contributed by atoms with van der Waals surface area (Å²) in [6.45, 7) is 14.1. The maximum Gasteiger partial charge on any atom is 0.494 e. The van der Waals surface area contributed by atoms with Crippen molar-refractivity contribution in [1.29, 1.82) is 0 Å². The third kappa shape index (κ3) is 2.35. The van der Waals surface area contributed by atoms with Crippen LogP contribution in [0.3, 0.4) is 0 Å². The molecule has 1 rings (SSSR count). The predicted octanol–water partition coefficient (Wildman–Crippen LogP) is 3.14. The third-order valence-corrected chi connectivity index (χ3v) is 3.20. The summed E-state index contributed by atoms with van der Waals surface area (Å²) in [5, 5.41) is 0. The molecule has 1 heterocycles. The lowest BCUT2D eigenvalue weighted by atomic mass is 9.77. The molecule has 0 aromatic carbocycles. The Labute approximate surface area is 93.5 Å². The monoisotopic (exact) mass is 208 g/mol. The average Bonchev–Trinajstić information content (AvgIpc) is 2.32. The third-order valence-electron chi connectivity index (χ3n) is 3.20. The van der Waals surface area contributed by atoms with Gasteiger partial charge in [-0.1, -0.05) is 25.7 Å². The number of allylic oxidation sites excluding steroid dienone is 3. The summed E-state index contributed by atoms with van der Waals surface area (Å²) in [5.74, 6) is 0. The second-order valence-electron chi connectivity index (χ2n) is 4.90. The molecular weight excluding hydrogens is 187 g/mol. The zero-order valence-corrected chi connectivity index (χ0v) is 10.5. The van der Waals surface area contributed by atoms with E-state index >= 15 is 0 Å². The van der Waals surface area contributed by atoms with E-state index in [2.05, 4.69) is 47.3 Å². The molecule has 1 fully saturated rings. The van der Waals surface area contributed by atoms with E-state index in [1.807, 2.05) is 6.08 Å². The number of hydrogen-bond acceptors (Lipinski definition) is 2. The van der Waals surface area contributed by atoms with E-state index < -0.39 is 0 Å². The Hall–Kier alpha value is -0.535. The van der Waals surface area contributed by atoms with E-state index in [9.17, 15) is 0 Å². The van der Waals surface area contributed by atoms with Crippen molar-refractivity contribution in [3.63, 3.8) is 0 Å². The lowest BCUT2D eigenvalue weighted by molar-refractivity contribution is 0.00578. The molecule has 3 heteroatoms. The molecule has 0 N–H and O–H groups in total. The topological polar surface area (TPSA) is 18.5 Å². The summed E-state index contributed by atoms with van der Waals surface area (Å²) in [7, 11) is -0.271. The molecule has 0 saturated carbocycles. The fourth-order valence-corrected chi connectivity index (χ4v) is 1.49. The minimum atomic E-state index is -0.271. The van der Waals surface area contributed by atoms with Gasteiger partial charge in [0.2, 0.25) is 0 Å². The minimum Gasteiger partial charge on any atom is -0.399 e. The van der Waals surface area contributed by atoms with Crippen LogP contribution in [0.15, 0.2) is 24.2 Å². The highest BCUT2D eigenvalue weighted by Crippen LogP contribution is 2.38. The van der Waals surface area contributed by atoms with E-state index in [1.165, 1.54) is 0 Å². The second kappa shape index (κ2) is 4.15. The van der Waals surface area contributed by atoms with Crippen LogP contribution in [0.5, 0.6) is 0 Å². The molecule has 0 unspecified atom stereocenters. The molecule has 1 aliphatic rings. The van der Waals surface area contributed by atoms with Gasteiger partial charge in [0.05, 0.1) is 11.2 Å². The molecule has 1 saturated heterocycles. The van der Waals surface area contributed by atoms with E-state index in [0.717, 1.165) is 11.9 Å². The normalized spacial score (nSPS) is 24.3. The Balaban J connectivity index is 2.86. The molecule has 1 aliphatic heterocycles. The molecule has 84 valence electrons. The van der Waals surface area contributed by atoms with Crippen LogP contribution in [0.1, 0.15) is 41.0 Å². The minimum absolute atomic E-state index is 0.270. The quantitative estimate of drug-likeness (QED) is 0.524. The van der Waals surface area contributed by atoms with Crippen LogP contribution in [0.2, 0.25) is 0 Å². The summed E-state index contributed by atoms with van der Waals surface area (Å²) in [6, 6.07) is 0. The molecule has 15 heavy (non-hydrogen) atoms. The smallest absolute Gasteiger partial charge is 0.399 e. The van der Waals surface area contributed by atoms with E-state index in [1.54, 1.807) is 0 Å². The molecule has 0 aromatic rings. The lowest BCUT2D eigenvalue weighted by Gasteiger charge is -2.32. The molecule has 0 bridgehead atoms. The first kappa shape index (κ1) is 12.5. The van der Waals surface area contributed by atoms with Gasteiger partial charge in [-0.15, -0.1) is 0 Å². The van der Waals surface area contributed by atoms with Crippen molar-refractivity contribution in [2.75, 3.05) is 0 Å². The maximum absolute atomic E-state index is 5.91. The summed E-state index contributed by atoms with van der Waals surface area (Å²) >= 11 is 0.